The van der Waals surface area contributed by atoms with Crippen LogP contribution < -0.4 is 10.2 Å². The minimum atomic E-state index is -0.0200. The predicted octanol–water partition coefficient (Wildman–Crippen LogP) is 4.10. The number of thioether (sulfide) groups is 1. The number of carbonyl (C=O) groups is 1. The van der Waals surface area contributed by atoms with E-state index in [9.17, 15) is 4.79 Å². The Labute approximate surface area is 168 Å². The minimum Gasteiger partial charge on any atom is -0.341 e. The van der Waals surface area contributed by atoms with E-state index in [1.165, 1.54) is 42.8 Å². The molecule has 0 radical (unpaired) electrons. The molecule has 6 nitrogen and oxygen atoms in total. The van der Waals surface area contributed by atoms with Gasteiger partial charge in [0.15, 0.2) is 5.16 Å². The van der Waals surface area contributed by atoms with E-state index in [4.69, 9.17) is 0 Å². The Morgan fingerprint density at radius 2 is 1.86 bits per heavy atom. The summed E-state index contributed by atoms with van der Waals surface area (Å²) in [6, 6.07) is 14.6. The molecule has 0 atom stereocenters. The first-order valence-corrected chi connectivity index (χ1v) is 10.9. The van der Waals surface area contributed by atoms with Crippen molar-refractivity contribution >= 4 is 40.1 Å². The van der Waals surface area contributed by atoms with Crippen molar-refractivity contribution in [1.29, 1.82) is 0 Å². The van der Waals surface area contributed by atoms with Crippen molar-refractivity contribution in [2.24, 2.45) is 0 Å². The molecule has 2 fully saturated rings. The van der Waals surface area contributed by atoms with E-state index in [0.29, 0.717) is 11.8 Å². The maximum absolute atomic E-state index is 12.5. The van der Waals surface area contributed by atoms with Crippen molar-refractivity contribution in [1.82, 2.24) is 14.8 Å². The summed E-state index contributed by atoms with van der Waals surface area (Å²) >= 11 is 1.48. The van der Waals surface area contributed by atoms with Gasteiger partial charge in [0.2, 0.25) is 11.9 Å². The topological polar surface area (TPSA) is 63.1 Å². The molecule has 7 heteroatoms. The van der Waals surface area contributed by atoms with Gasteiger partial charge in [-0.3, -0.25) is 9.36 Å². The van der Waals surface area contributed by atoms with E-state index in [1.54, 1.807) is 0 Å². The highest BCUT2D eigenvalue weighted by Crippen LogP contribution is 2.41. The lowest BCUT2D eigenvalue weighted by Gasteiger charge is -2.17. The Kier molecular flexibility index (Phi) is 4.68. The normalized spacial score (nSPS) is 16.6. The number of fused-ring (bicyclic) bond motifs is 1. The second kappa shape index (κ2) is 7.47. The lowest BCUT2D eigenvalue weighted by atomic mass is 10.1. The van der Waals surface area contributed by atoms with E-state index in [1.807, 2.05) is 30.3 Å². The summed E-state index contributed by atoms with van der Waals surface area (Å²) in [4.78, 5) is 14.8. The Morgan fingerprint density at radius 3 is 2.64 bits per heavy atom. The van der Waals surface area contributed by atoms with Crippen molar-refractivity contribution in [3.8, 4) is 0 Å². The molecule has 1 N–H and O–H groups in total. The summed E-state index contributed by atoms with van der Waals surface area (Å²) in [5, 5.41) is 15.0. The van der Waals surface area contributed by atoms with Crippen LogP contribution >= 0.6 is 11.8 Å². The van der Waals surface area contributed by atoms with Gasteiger partial charge in [-0.05, 0) is 48.6 Å². The first kappa shape index (κ1) is 17.6. The molecule has 28 heavy (non-hydrogen) atoms. The van der Waals surface area contributed by atoms with Gasteiger partial charge < -0.3 is 10.2 Å². The molecule has 1 saturated heterocycles. The highest BCUT2D eigenvalue weighted by molar-refractivity contribution is 7.99. The number of benzene rings is 2. The van der Waals surface area contributed by atoms with Crippen LogP contribution in [0.4, 0.5) is 11.6 Å². The second-order valence-electron chi connectivity index (χ2n) is 7.48. The molecule has 1 amide bonds. The van der Waals surface area contributed by atoms with Gasteiger partial charge in [-0.25, -0.2) is 0 Å². The third-order valence-corrected chi connectivity index (χ3v) is 6.26. The van der Waals surface area contributed by atoms with Crippen molar-refractivity contribution in [2.45, 2.75) is 36.9 Å². The molecule has 2 aliphatic rings. The van der Waals surface area contributed by atoms with Crippen molar-refractivity contribution in [3.63, 3.8) is 0 Å². The van der Waals surface area contributed by atoms with Crippen LogP contribution in [0.3, 0.4) is 0 Å². The Balaban J connectivity index is 1.26. The second-order valence-corrected chi connectivity index (χ2v) is 8.42. The number of nitrogens with zero attached hydrogens (tertiary/aromatic N) is 4. The number of anilines is 2. The number of carbonyl (C=O) groups excluding carboxylic acids is 1. The highest BCUT2D eigenvalue weighted by Gasteiger charge is 2.32. The average molecular weight is 394 g/mol. The molecule has 1 aromatic heterocycles. The molecule has 2 aromatic carbocycles. The molecule has 1 aliphatic heterocycles. The van der Waals surface area contributed by atoms with Gasteiger partial charge >= 0.3 is 0 Å². The van der Waals surface area contributed by atoms with Crippen LogP contribution in [0.5, 0.6) is 0 Å². The van der Waals surface area contributed by atoms with E-state index in [2.05, 4.69) is 37.1 Å². The van der Waals surface area contributed by atoms with Crippen LogP contribution in [0.25, 0.3) is 10.8 Å². The van der Waals surface area contributed by atoms with Gasteiger partial charge in [0, 0.05) is 24.8 Å². The molecular formula is C21H23N5OS. The number of hydrogen-bond donors (Lipinski definition) is 1. The maximum Gasteiger partial charge on any atom is 0.234 e. The van der Waals surface area contributed by atoms with E-state index < -0.39 is 0 Å². The molecular weight excluding hydrogens is 370 g/mol. The van der Waals surface area contributed by atoms with Gasteiger partial charge in [0.1, 0.15) is 0 Å². The summed E-state index contributed by atoms with van der Waals surface area (Å²) in [6.07, 6.45) is 4.79. The summed E-state index contributed by atoms with van der Waals surface area (Å²) in [7, 11) is 0. The molecule has 1 aliphatic carbocycles. The average Bonchev–Trinajstić information content (AvgIpc) is 3.24. The van der Waals surface area contributed by atoms with Gasteiger partial charge in [-0.2, -0.15) is 0 Å². The number of rotatable bonds is 6. The summed E-state index contributed by atoms with van der Waals surface area (Å²) in [6.45, 7) is 2.11. The fourth-order valence-corrected chi connectivity index (χ4v) is 4.55. The number of nitrogens with one attached hydrogen (secondary N) is 1. The Bertz CT molecular complexity index is 1010. The molecule has 144 valence electrons. The first-order valence-electron chi connectivity index (χ1n) is 9.89. The largest absolute Gasteiger partial charge is 0.341 e. The Morgan fingerprint density at radius 1 is 1.07 bits per heavy atom. The highest BCUT2D eigenvalue weighted by atomic mass is 32.2. The lowest BCUT2D eigenvalue weighted by molar-refractivity contribution is -0.113. The molecule has 0 unspecified atom stereocenters. The lowest BCUT2D eigenvalue weighted by Crippen LogP contribution is -2.22. The quantitative estimate of drug-likeness (QED) is 0.639. The van der Waals surface area contributed by atoms with Gasteiger partial charge in [0.05, 0.1) is 5.75 Å². The van der Waals surface area contributed by atoms with E-state index in [0.717, 1.165) is 35.3 Å². The summed E-state index contributed by atoms with van der Waals surface area (Å²) < 4.78 is 2.25. The SMILES string of the molecule is O=C(CSc1nnc(N2CCCC2)n1C1CC1)Nc1ccc2ccccc2c1. The van der Waals surface area contributed by atoms with E-state index in [-0.39, 0.29) is 5.91 Å². The first-order chi connectivity index (χ1) is 13.8. The van der Waals surface area contributed by atoms with Crippen molar-refractivity contribution < 1.29 is 4.79 Å². The van der Waals surface area contributed by atoms with Crippen molar-refractivity contribution in [2.75, 3.05) is 29.1 Å². The van der Waals surface area contributed by atoms with Gasteiger partial charge in [-0.1, -0.05) is 42.1 Å². The molecule has 5 rings (SSSR count). The number of amides is 1. The van der Waals surface area contributed by atoms with Gasteiger partial charge in [0.25, 0.3) is 0 Å². The number of aromatic nitrogens is 3. The Hall–Kier alpha value is -2.54. The third kappa shape index (κ3) is 3.58. The zero-order valence-electron chi connectivity index (χ0n) is 15.7. The fourth-order valence-electron chi connectivity index (χ4n) is 3.75. The zero-order valence-corrected chi connectivity index (χ0v) is 16.5. The fraction of sp³-hybridized carbons (Fsp3) is 0.381. The van der Waals surface area contributed by atoms with Gasteiger partial charge in [-0.15, -0.1) is 10.2 Å². The molecule has 2 heterocycles. The van der Waals surface area contributed by atoms with Crippen LogP contribution in [0.15, 0.2) is 47.6 Å². The predicted molar refractivity (Wildman–Crippen MR) is 113 cm³/mol. The molecule has 3 aromatic rings. The standard InChI is InChI=1S/C21H23N5OS/c27-19(22-17-8-7-15-5-1-2-6-16(15)13-17)14-28-21-24-23-20(25-11-3-4-12-25)26(21)18-9-10-18/h1-2,5-8,13,18H,3-4,9-12,14H2,(H,22,27). The maximum atomic E-state index is 12.5. The smallest absolute Gasteiger partial charge is 0.234 e. The molecule has 0 spiro atoms. The van der Waals surface area contributed by atoms with Crippen LogP contribution in [-0.2, 0) is 4.79 Å². The summed E-state index contributed by atoms with van der Waals surface area (Å²) in [5.41, 5.74) is 0.825. The third-order valence-electron chi connectivity index (χ3n) is 5.31. The van der Waals surface area contributed by atoms with Crippen molar-refractivity contribution in [3.05, 3.63) is 42.5 Å². The monoisotopic (exact) mass is 393 g/mol. The molecule has 1 saturated carbocycles. The van der Waals surface area contributed by atoms with Crippen LogP contribution in [0.2, 0.25) is 0 Å². The minimum absolute atomic E-state index is 0.0200. The zero-order chi connectivity index (χ0) is 18.9. The van der Waals surface area contributed by atoms with Crippen LogP contribution in [0.1, 0.15) is 31.7 Å². The van der Waals surface area contributed by atoms with Crippen LogP contribution in [0, 0.1) is 0 Å². The van der Waals surface area contributed by atoms with Crippen LogP contribution in [-0.4, -0.2) is 39.5 Å². The summed E-state index contributed by atoms with van der Waals surface area (Å²) in [5.74, 6) is 1.29. The molecule has 0 bridgehead atoms. The van der Waals surface area contributed by atoms with E-state index >= 15 is 0 Å². The number of hydrogen-bond acceptors (Lipinski definition) is 5.